The highest BCUT2D eigenvalue weighted by Gasteiger charge is 2.34. The average Bonchev–Trinajstić information content (AvgIpc) is 2.94. The fraction of sp³-hybridized carbons (Fsp3) is 0.474. The molecule has 1 aliphatic carbocycles. The van der Waals surface area contributed by atoms with Crippen molar-refractivity contribution < 1.29 is 0 Å². The second kappa shape index (κ2) is 5.78. The molecule has 1 aliphatic heterocycles. The van der Waals surface area contributed by atoms with Gasteiger partial charge < -0.3 is 4.98 Å². The maximum Gasteiger partial charge on any atom is 0.0462 e. The summed E-state index contributed by atoms with van der Waals surface area (Å²) in [6.45, 7) is 4.73. The van der Waals surface area contributed by atoms with Gasteiger partial charge in [-0.2, -0.15) is 11.8 Å². The predicted octanol–water partition coefficient (Wildman–Crippen LogP) is 4.18. The number of H-pyrrole nitrogens is 1. The summed E-state index contributed by atoms with van der Waals surface area (Å²) in [5, 5.41) is 1.46. The van der Waals surface area contributed by atoms with Gasteiger partial charge >= 0.3 is 0 Å². The second-order valence-corrected chi connectivity index (χ2v) is 7.51. The van der Waals surface area contributed by atoms with E-state index in [9.17, 15) is 0 Å². The molecule has 116 valence electrons. The second-order valence-electron chi connectivity index (χ2n) is 6.59. The summed E-state index contributed by atoms with van der Waals surface area (Å²) in [6.07, 6.45) is 9.43. The van der Waals surface area contributed by atoms with Crippen LogP contribution in [0.3, 0.4) is 0 Å². The normalized spacial score (nSPS) is 24.4. The number of nitrogens with one attached hydrogen (secondary N) is 1. The first-order valence-corrected chi connectivity index (χ1v) is 9.75. The minimum Gasteiger partial charge on any atom is -0.361 e. The lowest BCUT2D eigenvalue weighted by atomic mass is 9.80. The SMILES string of the molecule is CCCN1C[C@H](CSC)C=C2c3cccc4[nH]cc(c34)C[C@H]21. The first-order valence-electron chi connectivity index (χ1n) is 8.36. The monoisotopic (exact) mass is 312 g/mol. The Morgan fingerprint density at radius 1 is 1.36 bits per heavy atom. The summed E-state index contributed by atoms with van der Waals surface area (Å²) in [4.78, 5) is 6.19. The molecule has 1 aromatic carbocycles. The Morgan fingerprint density at radius 2 is 2.27 bits per heavy atom. The molecule has 0 unspecified atom stereocenters. The highest BCUT2D eigenvalue weighted by atomic mass is 32.2. The third-order valence-electron chi connectivity index (χ3n) is 5.09. The topological polar surface area (TPSA) is 19.0 Å². The van der Waals surface area contributed by atoms with Gasteiger partial charge in [0.2, 0.25) is 0 Å². The van der Waals surface area contributed by atoms with Crippen molar-refractivity contribution in [3.05, 3.63) is 41.6 Å². The largest absolute Gasteiger partial charge is 0.361 e. The molecule has 0 bridgehead atoms. The molecule has 0 amide bonds. The van der Waals surface area contributed by atoms with Gasteiger partial charge in [-0.3, -0.25) is 4.90 Å². The average molecular weight is 312 g/mol. The Hall–Kier alpha value is -1.19. The van der Waals surface area contributed by atoms with Crippen LogP contribution in [0.1, 0.15) is 24.5 Å². The maximum absolute atomic E-state index is 3.46. The van der Waals surface area contributed by atoms with Crippen LogP contribution in [0.5, 0.6) is 0 Å². The van der Waals surface area contributed by atoms with Crippen LogP contribution in [0.4, 0.5) is 0 Å². The molecule has 2 aromatic rings. The number of aromatic nitrogens is 1. The summed E-state index contributed by atoms with van der Waals surface area (Å²) < 4.78 is 0. The summed E-state index contributed by atoms with van der Waals surface area (Å²) in [5.41, 5.74) is 5.84. The van der Waals surface area contributed by atoms with Crippen LogP contribution < -0.4 is 0 Å². The molecular formula is C19H24N2S. The number of rotatable bonds is 4. The lowest BCUT2D eigenvalue weighted by molar-refractivity contribution is 0.206. The van der Waals surface area contributed by atoms with Gasteiger partial charge in [0.05, 0.1) is 0 Å². The minimum absolute atomic E-state index is 0.576. The molecule has 0 radical (unpaired) electrons. The molecule has 22 heavy (non-hydrogen) atoms. The standard InChI is InChI=1S/C19H24N2S/c1-3-7-21-11-13(12-22-2)8-16-15-5-4-6-17-19(15)14(10-20-17)9-18(16)21/h4-6,8,10,13,18,20H,3,7,9,11-12H2,1-2H3/t13-,18-/m1/s1. The molecule has 0 saturated carbocycles. The van der Waals surface area contributed by atoms with E-state index in [1.807, 2.05) is 11.8 Å². The van der Waals surface area contributed by atoms with Gasteiger partial charge in [0.25, 0.3) is 0 Å². The minimum atomic E-state index is 0.576. The van der Waals surface area contributed by atoms with Crippen molar-refractivity contribution >= 4 is 28.2 Å². The Kier molecular flexibility index (Phi) is 3.79. The van der Waals surface area contributed by atoms with E-state index in [0.717, 1.165) is 6.42 Å². The number of hydrogen-bond acceptors (Lipinski definition) is 2. The lowest BCUT2D eigenvalue weighted by Crippen LogP contribution is -2.45. The molecule has 0 fully saturated rings. The number of nitrogens with zero attached hydrogens (tertiary/aromatic N) is 1. The number of hydrogen-bond donors (Lipinski definition) is 1. The van der Waals surface area contributed by atoms with E-state index in [-0.39, 0.29) is 0 Å². The van der Waals surface area contributed by atoms with Crippen LogP contribution in [-0.4, -0.2) is 41.0 Å². The molecule has 2 aliphatic rings. The third-order valence-corrected chi connectivity index (χ3v) is 5.85. The maximum atomic E-state index is 3.46. The number of thioether (sulfide) groups is 1. The fourth-order valence-electron chi connectivity index (χ4n) is 4.27. The third kappa shape index (κ3) is 2.22. The first-order chi connectivity index (χ1) is 10.8. The van der Waals surface area contributed by atoms with Gasteiger partial charge in [-0.1, -0.05) is 25.1 Å². The van der Waals surface area contributed by atoms with E-state index < -0.39 is 0 Å². The Balaban J connectivity index is 1.84. The van der Waals surface area contributed by atoms with E-state index in [1.54, 1.807) is 5.57 Å². The van der Waals surface area contributed by atoms with E-state index in [1.165, 1.54) is 47.3 Å². The Labute approximate surface area is 137 Å². The van der Waals surface area contributed by atoms with Gasteiger partial charge in [-0.25, -0.2) is 0 Å². The predicted molar refractivity (Wildman–Crippen MR) is 97.5 cm³/mol. The van der Waals surface area contributed by atoms with Crippen molar-refractivity contribution in [2.45, 2.75) is 25.8 Å². The molecule has 1 aromatic heterocycles. The van der Waals surface area contributed by atoms with Crippen molar-refractivity contribution in [2.75, 3.05) is 25.1 Å². The van der Waals surface area contributed by atoms with E-state index in [0.29, 0.717) is 12.0 Å². The zero-order valence-corrected chi connectivity index (χ0v) is 14.2. The van der Waals surface area contributed by atoms with Crippen LogP contribution in [0, 0.1) is 5.92 Å². The summed E-state index contributed by atoms with van der Waals surface area (Å²) in [5.74, 6) is 1.91. The van der Waals surface area contributed by atoms with Gasteiger partial charge in [-0.15, -0.1) is 0 Å². The summed E-state index contributed by atoms with van der Waals surface area (Å²) in [6, 6.07) is 7.30. The van der Waals surface area contributed by atoms with Crippen molar-refractivity contribution in [2.24, 2.45) is 5.92 Å². The van der Waals surface area contributed by atoms with Gasteiger partial charge in [0, 0.05) is 35.4 Å². The Morgan fingerprint density at radius 3 is 3.09 bits per heavy atom. The van der Waals surface area contributed by atoms with E-state index >= 15 is 0 Å². The van der Waals surface area contributed by atoms with Gasteiger partial charge in [-0.05, 0) is 54.3 Å². The van der Waals surface area contributed by atoms with Crippen molar-refractivity contribution in [1.29, 1.82) is 0 Å². The smallest absolute Gasteiger partial charge is 0.0462 e. The molecule has 4 rings (SSSR count). The fourth-order valence-corrected chi connectivity index (χ4v) is 4.90. The molecule has 2 atom stereocenters. The highest BCUT2D eigenvalue weighted by molar-refractivity contribution is 7.98. The molecule has 0 spiro atoms. The molecule has 3 heteroatoms. The van der Waals surface area contributed by atoms with Crippen molar-refractivity contribution in [1.82, 2.24) is 9.88 Å². The molecule has 2 heterocycles. The zero-order valence-electron chi connectivity index (χ0n) is 13.4. The van der Waals surface area contributed by atoms with E-state index in [4.69, 9.17) is 0 Å². The van der Waals surface area contributed by atoms with Gasteiger partial charge in [0.15, 0.2) is 0 Å². The summed E-state index contributed by atoms with van der Waals surface area (Å²) >= 11 is 1.97. The molecule has 2 nitrogen and oxygen atoms in total. The van der Waals surface area contributed by atoms with Crippen LogP contribution >= 0.6 is 11.8 Å². The van der Waals surface area contributed by atoms with Crippen molar-refractivity contribution in [3.8, 4) is 0 Å². The quantitative estimate of drug-likeness (QED) is 0.913. The lowest BCUT2D eigenvalue weighted by Gasteiger charge is -2.42. The van der Waals surface area contributed by atoms with Crippen molar-refractivity contribution in [3.63, 3.8) is 0 Å². The highest BCUT2D eigenvalue weighted by Crippen LogP contribution is 2.41. The van der Waals surface area contributed by atoms with E-state index in [2.05, 4.69) is 53.5 Å². The molecule has 0 saturated heterocycles. The summed E-state index contributed by atoms with van der Waals surface area (Å²) in [7, 11) is 0. The zero-order chi connectivity index (χ0) is 15.1. The number of fused-ring (bicyclic) bond motifs is 2. The van der Waals surface area contributed by atoms with Crippen LogP contribution in [0.25, 0.3) is 16.5 Å². The first kappa shape index (κ1) is 14.4. The van der Waals surface area contributed by atoms with Gasteiger partial charge in [0.1, 0.15) is 0 Å². The molecular weight excluding hydrogens is 288 g/mol. The molecule has 1 N–H and O–H groups in total. The van der Waals surface area contributed by atoms with Crippen LogP contribution in [-0.2, 0) is 6.42 Å². The van der Waals surface area contributed by atoms with Crippen LogP contribution in [0.2, 0.25) is 0 Å². The Bertz CT molecular complexity index is 715. The number of aromatic amines is 1. The number of benzene rings is 1. The van der Waals surface area contributed by atoms with Crippen LogP contribution in [0.15, 0.2) is 30.5 Å².